The third-order valence-corrected chi connectivity index (χ3v) is 15.0. The van der Waals surface area contributed by atoms with E-state index in [4.69, 9.17) is 0 Å². The second-order valence-electron chi connectivity index (χ2n) is 16.0. The third-order valence-electron chi connectivity index (χ3n) is 12.6. The van der Waals surface area contributed by atoms with Gasteiger partial charge in [0.15, 0.2) is 0 Å². The summed E-state index contributed by atoms with van der Waals surface area (Å²) in [6.07, 6.45) is 0. The number of aromatic nitrogens is 1. The molecular weight excluding hydrogens is 789 g/mol. The molecule has 13 aromatic rings. The fraction of sp³-hybridized carbons (Fsp3) is 0. The number of rotatable bonds is 6. The Labute approximate surface area is 366 Å². The molecule has 0 aliphatic carbocycles. The molecule has 290 valence electrons. The van der Waals surface area contributed by atoms with E-state index in [1.165, 1.54) is 107 Å². The van der Waals surface area contributed by atoms with Crippen molar-refractivity contribution in [1.82, 2.24) is 4.57 Å². The minimum absolute atomic E-state index is 1.12. The molecule has 4 heteroatoms. The highest BCUT2D eigenvalue weighted by molar-refractivity contribution is 7.27. The fourth-order valence-electron chi connectivity index (χ4n) is 9.78. The molecule has 0 saturated heterocycles. The lowest BCUT2D eigenvalue weighted by Crippen LogP contribution is -2.10. The maximum absolute atomic E-state index is 2.51. The minimum atomic E-state index is 1.12. The summed E-state index contributed by atoms with van der Waals surface area (Å²) in [6.45, 7) is 0. The van der Waals surface area contributed by atoms with Crippen molar-refractivity contribution >= 4 is 113 Å². The SMILES string of the molecule is c1ccc(-c2cccc3c2sc2c(N(c4ccc(-c5ccc6c7ccc8ccccc8c7n(-c7ccccc7)c6c5)cc4)c4cccc5sc6ccccc6c45)cccc23)cc1. The average molecular weight is 825 g/mol. The van der Waals surface area contributed by atoms with Crippen molar-refractivity contribution in [3.63, 3.8) is 0 Å². The van der Waals surface area contributed by atoms with Gasteiger partial charge in [-0.1, -0.05) is 164 Å². The maximum Gasteiger partial charge on any atom is 0.0640 e. The molecule has 0 bridgehead atoms. The Morgan fingerprint density at radius 1 is 0.371 bits per heavy atom. The number of nitrogens with zero attached hydrogens (tertiary/aromatic N) is 2. The van der Waals surface area contributed by atoms with Gasteiger partial charge in [0.25, 0.3) is 0 Å². The first-order valence-electron chi connectivity index (χ1n) is 21.1. The van der Waals surface area contributed by atoms with Crippen LogP contribution in [0.4, 0.5) is 17.1 Å². The van der Waals surface area contributed by atoms with E-state index in [9.17, 15) is 0 Å². The summed E-state index contributed by atoms with van der Waals surface area (Å²) < 4.78 is 7.63. The molecule has 0 atom stereocenters. The smallest absolute Gasteiger partial charge is 0.0640 e. The minimum Gasteiger partial charge on any atom is -0.309 e. The predicted molar refractivity (Wildman–Crippen MR) is 270 cm³/mol. The summed E-state index contributed by atoms with van der Waals surface area (Å²) in [5.41, 5.74) is 12.0. The lowest BCUT2D eigenvalue weighted by molar-refractivity contribution is 1.19. The molecule has 2 nitrogen and oxygen atoms in total. The van der Waals surface area contributed by atoms with Gasteiger partial charge in [0.05, 0.1) is 27.1 Å². The van der Waals surface area contributed by atoms with Crippen LogP contribution in [-0.2, 0) is 0 Å². The highest BCUT2D eigenvalue weighted by Gasteiger charge is 2.23. The number of para-hydroxylation sites is 1. The number of hydrogen-bond acceptors (Lipinski definition) is 3. The summed E-state index contributed by atoms with van der Waals surface area (Å²) in [5.74, 6) is 0. The van der Waals surface area contributed by atoms with Crippen molar-refractivity contribution in [2.75, 3.05) is 4.90 Å². The van der Waals surface area contributed by atoms with Crippen molar-refractivity contribution in [2.45, 2.75) is 0 Å². The molecule has 3 heterocycles. The van der Waals surface area contributed by atoms with Crippen molar-refractivity contribution in [3.8, 4) is 27.9 Å². The molecule has 3 aromatic heterocycles. The highest BCUT2D eigenvalue weighted by atomic mass is 32.1. The Morgan fingerprint density at radius 3 is 1.87 bits per heavy atom. The molecule has 0 radical (unpaired) electrons. The normalized spacial score (nSPS) is 11.9. The molecule has 0 spiro atoms. The summed E-state index contributed by atoms with van der Waals surface area (Å²) in [7, 11) is 0. The Bertz CT molecular complexity index is 3860. The van der Waals surface area contributed by atoms with Crippen molar-refractivity contribution in [1.29, 1.82) is 0 Å². The van der Waals surface area contributed by atoms with Crippen molar-refractivity contribution in [3.05, 3.63) is 218 Å². The van der Waals surface area contributed by atoms with E-state index in [1.807, 2.05) is 22.7 Å². The van der Waals surface area contributed by atoms with E-state index in [0.29, 0.717) is 0 Å². The zero-order valence-corrected chi connectivity index (χ0v) is 35.1. The van der Waals surface area contributed by atoms with Gasteiger partial charge in [0.2, 0.25) is 0 Å². The van der Waals surface area contributed by atoms with E-state index in [2.05, 4.69) is 228 Å². The van der Waals surface area contributed by atoms with Gasteiger partial charge in [-0.05, 0) is 82.2 Å². The lowest BCUT2D eigenvalue weighted by atomic mass is 10.0. The van der Waals surface area contributed by atoms with Crippen LogP contribution in [0.1, 0.15) is 0 Å². The molecule has 0 amide bonds. The maximum atomic E-state index is 2.51. The third kappa shape index (κ3) is 5.41. The van der Waals surface area contributed by atoms with E-state index in [1.54, 1.807) is 0 Å². The van der Waals surface area contributed by atoms with Gasteiger partial charge in [-0.15, -0.1) is 22.7 Å². The van der Waals surface area contributed by atoms with E-state index < -0.39 is 0 Å². The molecule has 0 N–H and O–H groups in total. The summed E-state index contributed by atoms with van der Waals surface area (Å²) in [6, 6.07) is 80.3. The van der Waals surface area contributed by atoms with E-state index >= 15 is 0 Å². The van der Waals surface area contributed by atoms with Gasteiger partial charge in [0.1, 0.15) is 0 Å². The molecule has 10 aromatic carbocycles. The van der Waals surface area contributed by atoms with Crippen LogP contribution < -0.4 is 4.90 Å². The number of anilines is 3. The highest BCUT2D eigenvalue weighted by Crippen LogP contribution is 2.50. The van der Waals surface area contributed by atoms with Crippen molar-refractivity contribution in [2.24, 2.45) is 0 Å². The second kappa shape index (κ2) is 14.0. The monoisotopic (exact) mass is 824 g/mol. The Kier molecular flexibility index (Phi) is 7.99. The molecule has 62 heavy (non-hydrogen) atoms. The van der Waals surface area contributed by atoms with Gasteiger partial charge in [-0.25, -0.2) is 0 Å². The lowest BCUT2D eigenvalue weighted by Gasteiger charge is -2.27. The zero-order chi connectivity index (χ0) is 40.7. The van der Waals surface area contributed by atoms with Crippen LogP contribution in [0.2, 0.25) is 0 Å². The topological polar surface area (TPSA) is 8.17 Å². The van der Waals surface area contributed by atoms with Gasteiger partial charge in [-0.3, -0.25) is 0 Å². The van der Waals surface area contributed by atoms with E-state index in [0.717, 1.165) is 11.4 Å². The molecule has 0 fully saturated rings. The summed E-state index contributed by atoms with van der Waals surface area (Å²) >= 11 is 3.77. The van der Waals surface area contributed by atoms with Crippen LogP contribution in [0.15, 0.2) is 218 Å². The zero-order valence-electron chi connectivity index (χ0n) is 33.5. The summed E-state index contributed by atoms with van der Waals surface area (Å²) in [5, 5.41) is 10.2. The number of benzene rings is 10. The van der Waals surface area contributed by atoms with Gasteiger partial charge in [0, 0.05) is 63.2 Å². The van der Waals surface area contributed by atoms with Crippen molar-refractivity contribution < 1.29 is 0 Å². The van der Waals surface area contributed by atoms with E-state index in [-0.39, 0.29) is 0 Å². The number of fused-ring (bicyclic) bond motifs is 11. The molecule has 0 unspecified atom stereocenters. The Hall–Kier alpha value is -7.50. The van der Waals surface area contributed by atoms with Crippen LogP contribution in [0.3, 0.4) is 0 Å². The summed E-state index contributed by atoms with van der Waals surface area (Å²) in [4.78, 5) is 2.51. The van der Waals surface area contributed by atoms with Crippen LogP contribution >= 0.6 is 22.7 Å². The quantitative estimate of drug-likeness (QED) is 0.162. The molecule has 0 aliphatic rings. The molecule has 0 aliphatic heterocycles. The fourth-order valence-corrected chi connectivity index (χ4v) is 12.2. The van der Waals surface area contributed by atoms with Gasteiger partial charge in [-0.2, -0.15) is 0 Å². The largest absolute Gasteiger partial charge is 0.309 e. The van der Waals surface area contributed by atoms with Gasteiger partial charge >= 0.3 is 0 Å². The predicted octanol–water partition coefficient (Wildman–Crippen LogP) is 17.5. The number of hydrogen-bond donors (Lipinski definition) is 0. The average Bonchev–Trinajstić information content (AvgIpc) is 4.03. The van der Waals surface area contributed by atoms with Crippen LogP contribution in [0.25, 0.3) is 101 Å². The first-order valence-corrected chi connectivity index (χ1v) is 22.7. The van der Waals surface area contributed by atoms with Gasteiger partial charge < -0.3 is 9.47 Å². The molecule has 0 saturated carbocycles. The van der Waals surface area contributed by atoms with Crippen LogP contribution in [0.5, 0.6) is 0 Å². The Balaban J connectivity index is 1.01. The van der Waals surface area contributed by atoms with Crippen LogP contribution in [0, 0.1) is 0 Å². The molecular formula is C58H36N2S2. The Morgan fingerprint density at radius 2 is 1.02 bits per heavy atom. The first kappa shape index (κ1) is 35.3. The molecule has 13 rings (SSSR count). The number of thiophene rings is 2. The first-order chi connectivity index (χ1) is 30.8. The second-order valence-corrected chi connectivity index (χ2v) is 18.1. The standard InChI is InChI=1S/C58H36N2S2/c1-3-14-38(15-4-1)44-21-11-22-47-48-23-12-25-51(58(48)62-57(44)47)59(50-24-13-27-54-55(50)49-20-9-10-26-53(49)61-54)42-32-28-37(29-33-42)40-31-34-45-46-35-30-39-16-7-8-19-43(39)56(46)60(52(45)36-40)41-17-5-2-6-18-41/h1-36H. The van der Waals surface area contributed by atoms with Crippen LogP contribution in [-0.4, -0.2) is 4.57 Å².